The topological polar surface area (TPSA) is 54.0 Å². The molecule has 4 rings (SSSR count). The van der Waals surface area contributed by atoms with E-state index in [-0.39, 0.29) is 11.0 Å². The first-order valence-electron chi connectivity index (χ1n) is 8.53. The van der Waals surface area contributed by atoms with Crippen LogP contribution in [0.5, 0.6) is 0 Å². The largest absolute Gasteiger partial charge is 0.332 e. The highest BCUT2D eigenvalue weighted by Crippen LogP contribution is 2.36. The Bertz CT molecular complexity index is 1210. The van der Waals surface area contributed by atoms with E-state index in [0.29, 0.717) is 10.6 Å². The normalized spacial score (nSPS) is 10.7. The van der Waals surface area contributed by atoms with Gasteiger partial charge in [-0.25, -0.2) is 4.98 Å². The molecule has 29 heavy (non-hydrogen) atoms. The van der Waals surface area contributed by atoms with Crippen molar-refractivity contribution in [2.24, 2.45) is 0 Å². The van der Waals surface area contributed by atoms with Crippen LogP contribution in [0.4, 0.5) is 5.69 Å². The van der Waals surface area contributed by atoms with Crippen molar-refractivity contribution < 1.29 is 4.79 Å². The van der Waals surface area contributed by atoms with E-state index in [9.17, 15) is 4.79 Å². The van der Waals surface area contributed by atoms with Crippen LogP contribution < -0.4 is 10.6 Å². The Morgan fingerprint density at radius 2 is 1.90 bits per heavy atom. The minimum atomic E-state index is -0.267. The van der Waals surface area contributed by atoms with E-state index in [0.717, 1.165) is 30.0 Å². The van der Waals surface area contributed by atoms with E-state index in [1.54, 1.807) is 29.5 Å². The zero-order valence-electron chi connectivity index (χ0n) is 14.8. The molecule has 0 bridgehead atoms. The second kappa shape index (κ2) is 8.74. The van der Waals surface area contributed by atoms with E-state index in [2.05, 4.69) is 33.2 Å². The van der Waals surface area contributed by atoms with Gasteiger partial charge in [0.1, 0.15) is 5.01 Å². The molecule has 0 aliphatic heterocycles. The number of fused-ring (bicyclic) bond motifs is 1. The maximum absolute atomic E-state index is 12.5. The van der Waals surface area contributed by atoms with Crippen LogP contribution in [0.2, 0.25) is 5.02 Å². The average molecular weight is 550 g/mol. The van der Waals surface area contributed by atoms with Crippen LogP contribution in [0.3, 0.4) is 0 Å². The molecule has 0 fully saturated rings. The first-order valence-corrected chi connectivity index (χ1v) is 11.2. The van der Waals surface area contributed by atoms with Gasteiger partial charge in [0.15, 0.2) is 5.11 Å². The van der Waals surface area contributed by atoms with Crippen LogP contribution in [-0.4, -0.2) is 16.0 Å². The van der Waals surface area contributed by atoms with Crippen LogP contribution in [0, 0.1) is 3.57 Å². The molecule has 3 aromatic carbocycles. The predicted octanol–water partition coefficient (Wildman–Crippen LogP) is 6.35. The molecule has 0 aliphatic rings. The lowest BCUT2D eigenvalue weighted by molar-refractivity contribution is 0.0977. The summed E-state index contributed by atoms with van der Waals surface area (Å²) in [4.78, 5) is 17.1. The molecule has 0 unspecified atom stereocenters. The number of nitrogens with zero attached hydrogens (tertiary/aromatic N) is 1. The van der Waals surface area contributed by atoms with Gasteiger partial charge in [-0.1, -0.05) is 29.8 Å². The van der Waals surface area contributed by atoms with Crippen molar-refractivity contribution in [1.29, 1.82) is 0 Å². The number of hydrogen-bond acceptors (Lipinski definition) is 4. The van der Waals surface area contributed by atoms with Crippen molar-refractivity contribution in [2.45, 2.75) is 0 Å². The van der Waals surface area contributed by atoms with Gasteiger partial charge in [-0.15, -0.1) is 11.3 Å². The van der Waals surface area contributed by atoms with E-state index in [1.807, 2.05) is 48.5 Å². The smallest absolute Gasteiger partial charge is 0.257 e. The summed E-state index contributed by atoms with van der Waals surface area (Å²) in [6.07, 6.45) is 0. The molecule has 0 saturated heterocycles. The molecule has 1 aromatic heterocycles. The SMILES string of the molecule is O=C(NC(=S)Nc1ccc(Cl)cc1-c1nc2ccccc2s1)c1cccc(I)c1. The van der Waals surface area contributed by atoms with Crippen molar-refractivity contribution in [3.63, 3.8) is 0 Å². The van der Waals surface area contributed by atoms with Crippen LogP contribution >= 0.6 is 57.7 Å². The third-order valence-electron chi connectivity index (χ3n) is 4.07. The van der Waals surface area contributed by atoms with Gasteiger partial charge in [-0.2, -0.15) is 0 Å². The fraction of sp³-hybridized carbons (Fsp3) is 0. The lowest BCUT2D eigenvalue weighted by Crippen LogP contribution is -2.34. The average Bonchev–Trinajstić information content (AvgIpc) is 3.13. The summed E-state index contributed by atoms with van der Waals surface area (Å²) in [6, 6.07) is 20.7. The van der Waals surface area contributed by atoms with E-state index in [1.165, 1.54) is 0 Å². The zero-order chi connectivity index (χ0) is 20.4. The number of hydrogen-bond donors (Lipinski definition) is 2. The Kier molecular flexibility index (Phi) is 6.09. The first-order chi connectivity index (χ1) is 14.0. The number of halogens is 2. The Balaban J connectivity index is 1.59. The summed E-state index contributed by atoms with van der Waals surface area (Å²) in [5.41, 5.74) is 3.02. The summed E-state index contributed by atoms with van der Waals surface area (Å²) in [7, 11) is 0. The lowest BCUT2D eigenvalue weighted by Gasteiger charge is -2.13. The van der Waals surface area contributed by atoms with Crippen LogP contribution in [0.1, 0.15) is 10.4 Å². The molecule has 1 amide bonds. The minimum absolute atomic E-state index is 0.207. The number of thiazole rings is 1. The van der Waals surface area contributed by atoms with Crippen LogP contribution in [0.15, 0.2) is 66.7 Å². The molecule has 2 N–H and O–H groups in total. The van der Waals surface area contributed by atoms with E-state index < -0.39 is 0 Å². The number of anilines is 1. The highest BCUT2D eigenvalue weighted by molar-refractivity contribution is 14.1. The monoisotopic (exact) mass is 549 g/mol. The van der Waals surface area contributed by atoms with Gasteiger partial charge < -0.3 is 5.32 Å². The molecule has 0 aliphatic carbocycles. The summed E-state index contributed by atoms with van der Waals surface area (Å²) < 4.78 is 2.06. The number of amides is 1. The molecule has 4 aromatic rings. The fourth-order valence-corrected chi connectivity index (χ4v) is 4.66. The first kappa shape index (κ1) is 20.2. The second-order valence-electron chi connectivity index (χ2n) is 6.10. The predicted molar refractivity (Wildman–Crippen MR) is 133 cm³/mol. The molecule has 4 nitrogen and oxygen atoms in total. The molecule has 0 saturated carbocycles. The number of carbonyl (C=O) groups excluding carboxylic acids is 1. The summed E-state index contributed by atoms with van der Waals surface area (Å²) in [5, 5.41) is 7.45. The number of nitrogens with one attached hydrogen (secondary N) is 2. The van der Waals surface area contributed by atoms with Crippen molar-refractivity contribution in [3.8, 4) is 10.6 Å². The number of thiocarbonyl (C=S) groups is 1. The third kappa shape index (κ3) is 4.75. The summed E-state index contributed by atoms with van der Waals surface area (Å²) in [5.74, 6) is -0.267. The number of aromatic nitrogens is 1. The summed E-state index contributed by atoms with van der Waals surface area (Å²) in [6.45, 7) is 0. The maximum atomic E-state index is 12.5. The highest BCUT2D eigenvalue weighted by atomic mass is 127. The Morgan fingerprint density at radius 3 is 2.69 bits per heavy atom. The zero-order valence-corrected chi connectivity index (χ0v) is 19.3. The Morgan fingerprint density at radius 1 is 1.07 bits per heavy atom. The van der Waals surface area contributed by atoms with Gasteiger partial charge in [0.05, 0.1) is 15.9 Å². The lowest BCUT2D eigenvalue weighted by atomic mass is 10.2. The van der Waals surface area contributed by atoms with Gasteiger partial charge in [-0.05, 0) is 83.3 Å². The van der Waals surface area contributed by atoms with Gasteiger partial charge in [0, 0.05) is 19.7 Å². The molecule has 1 heterocycles. The molecule has 144 valence electrons. The maximum Gasteiger partial charge on any atom is 0.257 e. The molecule has 0 atom stereocenters. The Labute approximate surface area is 195 Å². The fourth-order valence-electron chi connectivity index (χ4n) is 2.75. The molecule has 0 spiro atoms. The van der Waals surface area contributed by atoms with Gasteiger partial charge in [0.2, 0.25) is 0 Å². The van der Waals surface area contributed by atoms with Gasteiger partial charge >= 0.3 is 0 Å². The highest BCUT2D eigenvalue weighted by Gasteiger charge is 2.14. The number of benzene rings is 3. The number of rotatable bonds is 3. The quantitative estimate of drug-likeness (QED) is 0.231. The number of carbonyl (C=O) groups is 1. The van der Waals surface area contributed by atoms with E-state index in [4.69, 9.17) is 28.8 Å². The van der Waals surface area contributed by atoms with Gasteiger partial charge in [-0.3, -0.25) is 10.1 Å². The van der Waals surface area contributed by atoms with Gasteiger partial charge in [0.25, 0.3) is 5.91 Å². The molecule has 8 heteroatoms. The van der Waals surface area contributed by atoms with Crippen molar-refractivity contribution >= 4 is 84.7 Å². The minimum Gasteiger partial charge on any atom is -0.332 e. The van der Waals surface area contributed by atoms with Crippen molar-refractivity contribution in [1.82, 2.24) is 10.3 Å². The molecular formula is C21H13ClIN3OS2. The van der Waals surface area contributed by atoms with Crippen molar-refractivity contribution in [3.05, 3.63) is 80.9 Å². The number of para-hydroxylation sites is 1. The van der Waals surface area contributed by atoms with E-state index >= 15 is 0 Å². The Hall–Kier alpha value is -2.07. The standard InChI is InChI=1S/C21H13ClIN3OS2/c22-13-8-9-16(15(11-13)20-24-17-6-1-2-7-18(17)29-20)25-21(28)26-19(27)12-4-3-5-14(23)10-12/h1-11H,(H2,25,26,27,28). The van der Waals surface area contributed by atoms with Crippen LogP contribution in [0.25, 0.3) is 20.8 Å². The molecular weight excluding hydrogens is 537 g/mol. The van der Waals surface area contributed by atoms with Crippen LogP contribution in [-0.2, 0) is 0 Å². The van der Waals surface area contributed by atoms with Crippen molar-refractivity contribution in [2.75, 3.05) is 5.32 Å². The second-order valence-corrected chi connectivity index (χ2v) is 9.22. The molecule has 0 radical (unpaired) electrons. The third-order valence-corrected chi connectivity index (χ3v) is 6.25. The summed E-state index contributed by atoms with van der Waals surface area (Å²) >= 11 is 15.3.